The number of primary amides is 1. The number of nitrogens with two attached hydrogens (primary N) is 1. The van der Waals surface area contributed by atoms with Crippen molar-refractivity contribution in [3.63, 3.8) is 0 Å². The Hall–Kier alpha value is -0.790. The molecule has 7 heteroatoms. The highest BCUT2D eigenvalue weighted by molar-refractivity contribution is 8.00. The van der Waals surface area contributed by atoms with Crippen LogP contribution >= 0.6 is 11.8 Å². The number of carbonyl (C=O) groups excluding carboxylic acids is 2. The van der Waals surface area contributed by atoms with Crippen LogP contribution in [0.3, 0.4) is 0 Å². The summed E-state index contributed by atoms with van der Waals surface area (Å²) in [5.74, 6) is -0.486. The average Bonchev–Trinajstić information content (AvgIpc) is 2.27. The van der Waals surface area contributed by atoms with Gasteiger partial charge in [0.15, 0.2) is 6.61 Å². The molecule has 0 radical (unpaired) electrons. The lowest BCUT2D eigenvalue weighted by Crippen LogP contribution is -2.33. The molecule has 0 aromatic rings. The van der Waals surface area contributed by atoms with Gasteiger partial charge in [0, 0.05) is 5.25 Å². The number of hydrogen-bond donors (Lipinski definition) is 3. The Labute approximate surface area is 98.6 Å². The lowest BCUT2D eigenvalue weighted by molar-refractivity contribution is -0.135. The summed E-state index contributed by atoms with van der Waals surface area (Å²) in [6.45, 7) is 1.73. The second kappa shape index (κ2) is 7.48. The second-order valence-corrected chi connectivity index (χ2v) is 4.83. The molecule has 16 heavy (non-hydrogen) atoms. The zero-order chi connectivity index (χ0) is 11.8. The molecule has 0 spiro atoms. The van der Waals surface area contributed by atoms with Crippen molar-refractivity contribution < 1.29 is 14.4 Å². The van der Waals surface area contributed by atoms with Gasteiger partial charge >= 0.3 is 0 Å². The third kappa shape index (κ3) is 5.94. The van der Waals surface area contributed by atoms with Crippen LogP contribution in [-0.2, 0) is 14.4 Å². The maximum Gasteiger partial charge on any atom is 0.253 e. The molecule has 0 bridgehead atoms. The topological polar surface area (TPSA) is 93.5 Å². The molecular formula is C9H17N3O3S. The van der Waals surface area contributed by atoms with Gasteiger partial charge in [0.1, 0.15) is 0 Å². The van der Waals surface area contributed by atoms with Gasteiger partial charge in [-0.2, -0.15) is 0 Å². The van der Waals surface area contributed by atoms with E-state index in [2.05, 4.69) is 15.6 Å². The Morgan fingerprint density at radius 2 is 2.12 bits per heavy atom. The summed E-state index contributed by atoms with van der Waals surface area (Å²) in [5.41, 5.74) is 7.02. The molecule has 1 saturated heterocycles. The molecule has 0 aromatic heterocycles. The molecule has 4 N–H and O–H groups in total. The van der Waals surface area contributed by atoms with Gasteiger partial charge in [0.2, 0.25) is 5.91 Å². The van der Waals surface area contributed by atoms with Gasteiger partial charge in [-0.3, -0.25) is 14.4 Å². The van der Waals surface area contributed by atoms with Crippen molar-refractivity contribution in [3.05, 3.63) is 0 Å². The van der Waals surface area contributed by atoms with Crippen molar-refractivity contribution in [2.24, 2.45) is 5.73 Å². The summed E-state index contributed by atoms with van der Waals surface area (Å²) in [4.78, 5) is 26.2. The molecule has 2 amide bonds. The summed E-state index contributed by atoms with van der Waals surface area (Å²) < 4.78 is 0. The molecule has 0 aromatic carbocycles. The zero-order valence-corrected chi connectivity index (χ0v) is 9.85. The summed E-state index contributed by atoms with van der Waals surface area (Å²) in [6, 6.07) is 0. The van der Waals surface area contributed by atoms with Crippen LogP contribution in [0.5, 0.6) is 0 Å². The van der Waals surface area contributed by atoms with Gasteiger partial charge in [-0.05, 0) is 25.9 Å². The number of nitrogens with one attached hydrogen (secondary N) is 2. The maximum absolute atomic E-state index is 11.2. The van der Waals surface area contributed by atoms with Crippen LogP contribution in [0.2, 0.25) is 0 Å². The number of hydroxylamine groups is 1. The number of hydrogen-bond acceptors (Lipinski definition) is 5. The van der Waals surface area contributed by atoms with E-state index in [1.165, 1.54) is 0 Å². The minimum atomic E-state index is -0.605. The highest BCUT2D eigenvalue weighted by atomic mass is 32.2. The minimum Gasteiger partial charge on any atom is -0.368 e. The number of piperidine rings is 1. The second-order valence-electron chi connectivity index (χ2n) is 3.54. The Morgan fingerprint density at radius 3 is 2.75 bits per heavy atom. The number of amides is 2. The molecule has 1 heterocycles. The zero-order valence-electron chi connectivity index (χ0n) is 9.03. The quantitative estimate of drug-likeness (QED) is 0.524. The van der Waals surface area contributed by atoms with Gasteiger partial charge in [-0.25, -0.2) is 5.48 Å². The van der Waals surface area contributed by atoms with Crippen LogP contribution in [0.15, 0.2) is 0 Å². The Morgan fingerprint density at radius 1 is 1.44 bits per heavy atom. The Kier molecular flexibility index (Phi) is 6.20. The van der Waals surface area contributed by atoms with E-state index in [1.807, 2.05) is 0 Å². The first-order chi connectivity index (χ1) is 7.68. The minimum absolute atomic E-state index is 0.232. The smallest absolute Gasteiger partial charge is 0.253 e. The summed E-state index contributed by atoms with van der Waals surface area (Å²) in [5, 5.41) is 3.79. The predicted molar refractivity (Wildman–Crippen MR) is 61.6 cm³/mol. The SMILES string of the molecule is NC(=O)CONC(=O)CSC1CCNCC1. The van der Waals surface area contributed by atoms with E-state index >= 15 is 0 Å². The van der Waals surface area contributed by atoms with Gasteiger partial charge in [0.05, 0.1) is 5.75 Å². The van der Waals surface area contributed by atoms with Crippen molar-refractivity contribution in [2.45, 2.75) is 18.1 Å². The number of thioether (sulfide) groups is 1. The highest BCUT2D eigenvalue weighted by Gasteiger charge is 2.14. The summed E-state index contributed by atoms with van der Waals surface area (Å²) >= 11 is 1.62. The van der Waals surface area contributed by atoms with Gasteiger partial charge in [-0.15, -0.1) is 11.8 Å². The first-order valence-corrected chi connectivity index (χ1v) is 6.24. The molecule has 0 unspecified atom stereocenters. The lowest BCUT2D eigenvalue weighted by atomic mass is 10.2. The van der Waals surface area contributed by atoms with E-state index in [9.17, 15) is 9.59 Å². The van der Waals surface area contributed by atoms with E-state index in [4.69, 9.17) is 5.73 Å². The third-order valence-corrected chi connectivity index (χ3v) is 3.51. The number of rotatable bonds is 6. The maximum atomic E-state index is 11.2. The van der Waals surface area contributed by atoms with E-state index in [0.29, 0.717) is 11.0 Å². The van der Waals surface area contributed by atoms with Crippen LogP contribution < -0.4 is 16.5 Å². The largest absolute Gasteiger partial charge is 0.368 e. The molecule has 92 valence electrons. The first-order valence-electron chi connectivity index (χ1n) is 5.19. The normalized spacial score (nSPS) is 17.0. The fraction of sp³-hybridized carbons (Fsp3) is 0.778. The van der Waals surface area contributed by atoms with Crippen LogP contribution in [0.4, 0.5) is 0 Å². The molecular weight excluding hydrogens is 230 g/mol. The molecule has 6 nitrogen and oxygen atoms in total. The van der Waals surface area contributed by atoms with E-state index in [-0.39, 0.29) is 12.5 Å². The lowest BCUT2D eigenvalue weighted by Gasteiger charge is -2.21. The van der Waals surface area contributed by atoms with Crippen molar-refractivity contribution in [2.75, 3.05) is 25.4 Å². The monoisotopic (exact) mass is 247 g/mol. The fourth-order valence-electron chi connectivity index (χ4n) is 1.37. The molecule has 1 aliphatic heterocycles. The summed E-state index contributed by atoms with van der Waals surface area (Å²) in [6.07, 6.45) is 2.17. The average molecular weight is 247 g/mol. The molecule has 0 aliphatic carbocycles. The van der Waals surface area contributed by atoms with Gasteiger partial charge in [-0.1, -0.05) is 0 Å². The third-order valence-electron chi connectivity index (χ3n) is 2.14. The molecule has 1 rings (SSSR count). The standard InChI is InChI=1S/C9H17N3O3S/c10-8(13)5-15-12-9(14)6-16-7-1-3-11-4-2-7/h7,11H,1-6H2,(H2,10,13)(H,12,14). The highest BCUT2D eigenvalue weighted by Crippen LogP contribution is 2.19. The van der Waals surface area contributed by atoms with Crippen molar-refractivity contribution in [3.8, 4) is 0 Å². The molecule has 1 fully saturated rings. The van der Waals surface area contributed by atoms with Crippen LogP contribution in [0.1, 0.15) is 12.8 Å². The summed E-state index contributed by atoms with van der Waals surface area (Å²) in [7, 11) is 0. The van der Waals surface area contributed by atoms with Crippen molar-refractivity contribution in [1.82, 2.24) is 10.8 Å². The fourth-order valence-corrected chi connectivity index (χ4v) is 2.39. The molecule has 0 saturated carbocycles. The van der Waals surface area contributed by atoms with Gasteiger partial charge < -0.3 is 11.1 Å². The number of carbonyl (C=O) groups is 2. The van der Waals surface area contributed by atoms with Crippen LogP contribution in [0.25, 0.3) is 0 Å². The molecule has 1 aliphatic rings. The van der Waals surface area contributed by atoms with E-state index in [1.54, 1.807) is 11.8 Å². The predicted octanol–water partition coefficient (Wildman–Crippen LogP) is -0.995. The van der Waals surface area contributed by atoms with Crippen LogP contribution in [-0.4, -0.2) is 42.5 Å². The van der Waals surface area contributed by atoms with Crippen molar-refractivity contribution in [1.29, 1.82) is 0 Å². The van der Waals surface area contributed by atoms with Crippen LogP contribution in [0, 0.1) is 0 Å². The molecule has 0 atom stereocenters. The Balaban J connectivity index is 2.02. The van der Waals surface area contributed by atoms with E-state index < -0.39 is 5.91 Å². The van der Waals surface area contributed by atoms with Crippen molar-refractivity contribution >= 4 is 23.6 Å². The Bertz CT molecular complexity index is 244. The van der Waals surface area contributed by atoms with E-state index in [0.717, 1.165) is 25.9 Å². The van der Waals surface area contributed by atoms with Gasteiger partial charge in [0.25, 0.3) is 5.91 Å². The first kappa shape index (κ1) is 13.3.